The van der Waals surface area contributed by atoms with Gasteiger partial charge in [-0.3, -0.25) is 0 Å². The molecule has 0 bridgehead atoms. The summed E-state index contributed by atoms with van der Waals surface area (Å²) in [6.45, 7) is 4.64. The van der Waals surface area contributed by atoms with Crippen molar-refractivity contribution in [3.8, 4) is 0 Å². The van der Waals surface area contributed by atoms with Gasteiger partial charge in [-0.1, -0.05) is 0 Å². The third-order valence-electron chi connectivity index (χ3n) is 3.39. The fourth-order valence-corrected chi connectivity index (χ4v) is 4.12. The Morgan fingerprint density at radius 1 is 1.28 bits per heavy atom. The second-order valence-electron chi connectivity index (χ2n) is 4.86. The summed E-state index contributed by atoms with van der Waals surface area (Å²) in [5, 5.41) is 3.09. The van der Waals surface area contributed by atoms with Crippen molar-refractivity contribution in [3.63, 3.8) is 0 Å². The maximum Gasteiger partial charge on any atom is 0.151 e. The van der Waals surface area contributed by atoms with Crippen molar-refractivity contribution >= 4 is 9.84 Å². The summed E-state index contributed by atoms with van der Waals surface area (Å²) in [6, 6.07) is 0. The molecule has 1 aliphatic heterocycles. The van der Waals surface area contributed by atoms with E-state index in [9.17, 15) is 8.42 Å². The number of nitrogens with zero attached hydrogens (tertiary/aromatic N) is 2. The Labute approximate surface area is 108 Å². The maximum atomic E-state index is 11.5. The summed E-state index contributed by atoms with van der Waals surface area (Å²) in [7, 11) is -0.997. The molecule has 0 aliphatic carbocycles. The van der Waals surface area contributed by atoms with Gasteiger partial charge in [-0.25, -0.2) is 18.4 Å². The van der Waals surface area contributed by atoms with Gasteiger partial charge in [0.15, 0.2) is 9.84 Å². The van der Waals surface area contributed by atoms with Gasteiger partial charge in [0, 0.05) is 29.4 Å². The van der Waals surface area contributed by atoms with Crippen LogP contribution in [0.4, 0.5) is 0 Å². The Kier molecular flexibility index (Phi) is 3.68. The van der Waals surface area contributed by atoms with Crippen molar-refractivity contribution in [3.05, 3.63) is 22.8 Å². The summed E-state index contributed by atoms with van der Waals surface area (Å²) in [5.41, 5.74) is 2.98. The average molecular weight is 269 g/mol. The first kappa shape index (κ1) is 13.4. The first-order valence-electron chi connectivity index (χ1n) is 6.12. The Bertz CT molecular complexity index is 531. The fraction of sp³-hybridized carbons (Fsp3) is 0.667. The Morgan fingerprint density at radius 3 is 2.33 bits per heavy atom. The molecular formula is C12H19N3O2S. The van der Waals surface area contributed by atoms with E-state index >= 15 is 0 Å². The van der Waals surface area contributed by atoms with Crippen LogP contribution in [0.3, 0.4) is 0 Å². The van der Waals surface area contributed by atoms with Crippen LogP contribution in [0.5, 0.6) is 0 Å². The van der Waals surface area contributed by atoms with Gasteiger partial charge in [-0.15, -0.1) is 0 Å². The van der Waals surface area contributed by atoms with Gasteiger partial charge in [0.05, 0.1) is 11.5 Å². The van der Waals surface area contributed by atoms with Crippen molar-refractivity contribution in [2.45, 2.75) is 32.7 Å². The van der Waals surface area contributed by atoms with Crippen LogP contribution in [0.25, 0.3) is 0 Å². The fourth-order valence-electron chi connectivity index (χ4n) is 2.38. The molecule has 5 nitrogen and oxygen atoms in total. The molecule has 1 atom stereocenters. The molecule has 1 fully saturated rings. The van der Waals surface area contributed by atoms with Crippen LogP contribution >= 0.6 is 0 Å². The zero-order chi connectivity index (χ0) is 13.3. The van der Waals surface area contributed by atoms with Crippen LogP contribution in [0.2, 0.25) is 0 Å². The molecule has 6 heteroatoms. The van der Waals surface area contributed by atoms with E-state index in [4.69, 9.17) is 0 Å². The van der Waals surface area contributed by atoms with E-state index in [2.05, 4.69) is 15.3 Å². The molecule has 1 aliphatic rings. The summed E-state index contributed by atoms with van der Waals surface area (Å²) in [4.78, 5) is 8.97. The van der Waals surface area contributed by atoms with Gasteiger partial charge in [0.2, 0.25) is 0 Å². The monoisotopic (exact) mass is 269 g/mol. The normalized spacial score (nSPS) is 22.3. The Balaban J connectivity index is 2.31. The number of aromatic nitrogens is 2. The van der Waals surface area contributed by atoms with Crippen molar-refractivity contribution in [2.75, 3.05) is 18.6 Å². The standard InChI is InChI=1S/C12H19N3O2S/c1-8-11(6-13-3)9(2)15-12(14-8)10-4-5-18(16,17)7-10/h10,13H,4-7H2,1-3H3. The van der Waals surface area contributed by atoms with Crippen LogP contribution in [-0.4, -0.2) is 36.9 Å². The van der Waals surface area contributed by atoms with Crippen LogP contribution in [-0.2, 0) is 16.4 Å². The van der Waals surface area contributed by atoms with Gasteiger partial charge in [0.1, 0.15) is 5.82 Å². The zero-order valence-corrected chi connectivity index (χ0v) is 11.8. The predicted molar refractivity (Wildman–Crippen MR) is 70.3 cm³/mol. The minimum absolute atomic E-state index is 0.0314. The van der Waals surface area contributed by atoms with Crippen LogP contribution < -0.4 is 5.32 Å². The summed E-state index contributed by atoms with van der Waals surface area (Å²) >= 11 is 0. The summed E-state index contributed by atoms with van der Waals surface area (Å²) in [6.07, 6.45) is 0.645. The minimum Gasteiger partial charge on any atom is -0.316 e. The summed E-state index contributed by atoms with van der Waals surface area (Å²) in [5.74, 6) is 1.11. The molecule has 1 N–H and O–H groups in total. The molecule has 0 aromatic carbocycles. The summed E-state index contributed by atoms with van der Waals surface area (Å²) < 4.78 is 23.0. The predicted octanol–water partition coefficient (Wildman–Crippen LogP) is 0.715. The highest BCUT2D eigenvalue weighted by Crippen LogP contribution is 2.27. The first-order chi connectivity index (χ1) is 8.43. The van der Waals surface area contributed by atoms with E-state index in [1.807, 2.05) is 20.9 Å². The van der Waals surface area contributed by atoms with Gasteiger partial charge in [-0.05, 0) is 27.3 Å². The molecule has 18 heavy (non-hydrogen) atoms. The maximum absolute atomic E-state index is 11.5. The van der Waals surface area contributed by atoms with Crippen LogP contribution in [0, 0.1) is 13.8 Å². The number of rotatable bonds is 3. The van der Waals surface area contributed by atoms with Crippen molar-refractivity contribution in [1.29, 1.82) is 0 Å². The Hall–Kier alpha value is -1.01. The van der Waals surface area contributed by atoms with Gasteiger partial charge >= 0.3 is 0 Å². The lowest BCUT2D eigenvalue weighted by atomic mass is 10.1. The molecule has 0 radical (unpaired) electrons. The minimum atomic E-state index is -2.88. The molecule has 1 aromatic rings. The molecule has 0 saturated carbocycles. The average Bonchev–Trinajstić information content (AvgIpc) is 2.64. The topological polar surface area (TPSA) is 72.0 Å². The van der Waals surface area contributed by atoms with Crippen molar-refractivity contribution < 1.29 is 8.42 Å². The molecule has 100 valence electrons. The highest BCUT2D eigenvalue weighted by Gasteiger charge is 2.31. The highest BCUT2D eigenvalue weighted by molar-refractivity contribution is 7.91. The van der Waals surface area contributed by atoms with Crippen molar-refractivity contribution in [2.24, 2.45) is 0 Å². The molecule has 1 aromatic heterocycles. The zero-order valence-electron chi connectivity index (χ0n) is 11.0. The van der Waals surface area contributed by atoms with E-state index < -0.39 is 9.84 Å². The van der Waals surface area contributed by atoms with Gasteiger partial charge < -0.3 is 5.32 Å². The van der Waals surface area contributed by atoms with Gasteiger partial charge in [-0.2, -0.15) is 0 Å². The van der Waals surface area contributed by atoms with Crippen LogP contribution in [0.15, 0.2) is 0 Å². The van der Waals surface area contributed by atoms with Crippen molar-refractivity contribution in [1.82, 2.24) is 15.3 Å². The Morgan fingerprint density at radius 2 is 1.89 bits per heavy atom. The SMILES string of the molecule is CNCc1c(C)nc(C2CCS(=O)(=O)C2)nc1C. The molecule has 2 rings (SSSR count). The molecule has 0 spiro atoms. The second-order valence-corrected chi connectivity index (χ2v) is 7.09. The van der Waals surface area contributed by atoms with E-state index in [0.717, 1.165) is 23.5 Å². The second kappa shape index (κ2) is 4.93. The first-order valence-corrected chi connectivity index (χ1v) is 7.94. The lowest BCUT2D eigenvalue weighted by Gasteiger charge is -2.13. The van der Waals surface area contributed by atoms with E-state index in [1.54, 1.807) is 0 Å². The number of nitrogens with one attached hydrogen (secondary N) is 1. The number of sulfone groups is 1. The molecule has 0 amide bonds. The van der Waals surface area contributed by atoms with E-state index in [0.29, 0.717) is 12.2 Å². The molecule has 1 unspecified atom stereocenters. The van der Waals surface area contributed by atoms with Crippen LogP contribution in [0.1, 0.15) is 35.1 Å². The number of aryl methyl sites for hydroxylation is 2. The highest BCUT2D eigenvalue weighted by atomic mass is 32.2. The number of hydrogen-bond donors (Lipinski definition) is 1. The van der Waals surface area contributed by atoms with E-state index in [-0.39, 0.29) is 17.4 Å². The largest absolute Gasteiger partial charge is 0.316 e. The number of hydrogen-bond acceptors (Lipinski definition) is 5. The smallest absolute Gasteiger partial charge is 0.151 e. The lowest BCUT2D eigenvalue weighted by molar-refractivity contribution is 0.600. The molecule has 2 heterocycles. The molecular weight excluding hydrogens is 250 g/mol. The lowest BCUT2D eigenvalue weighted by Crippen LogP contribution is -2.15. The molecule has 1 saturated heterocycles. The third kappa shape index (κ3) is 2.70. The third-order valence-corrected chi connectivity index (χ3v) is 5.16. The van der Waals surface area contributed by atoms with Gasteiger partial charge in [0.25, 0.3) is 0 Å². The van der Waals surface area contributed by atoms with E-state index in [1.165, 1.54) is 0 Å². The quantitative estimate of drug-likeness (QED) is 0.875.